The third-order valence-corrected chi connectivity index (χ3v) is 3.61. The zero-order valence-electron chi connectivity index (χ0n) is 11.6. The number of aromatic nitrogens is 3. The molecule has 0 radical (unpaired) electrons. The van der Waals surface area contributed by atoms with Gasteiger partial charge in [-0.2, -0.15) is 4.98 Å². The Labute approximate surface area is 112 Å². The van der Waals surface area contributed by atoms with Crippen molar-refractivity contribution in [1.29, 1.82) is 0 Å². The first-order valence-electron chi connectivity index (χ1n) is 7.00. The van der Waals surface area contributed by atoms with E-state index in [1.54, 1.807) is 0 Å². The topological polar surface area (TPSA) is 87.6 Å². The van der Waals surface area contributed by atoms with Crippen molar-refractivity contribution in [2.75, 3.05) is 5.73 Å². The van der Waals surface area contributed by atoms with Crippen molar-refractivity contribution in [3.05, 3.63) is 22.1 Å². The number of nitrogens with one attached hydrogen (secondary N) is 2. The van der Waals surface area contributed by atoms with E-state index >= 15 is 0 Å². The summed E-state index contributed by atoms with van der Waals surface area (Å²) in [6.45, 7) is 4.36. The number of nitrogen functional groups attached to an aromatic ring is 1. The predicted molar refractivity (Wildman–Crippen MR) is 78.3 cm³/mol. The highest BCUT2D eigenvalue weighted by molar-refractivity contribution is 5.80. The fraction of sp³-hybridized carbons (Fsp3) is 0.571. The first-order chi connectivity index (χ1) is 9.13. The molecule has 5 heteroatoms. The lowest BCUT2D eigenvalue weighted by molar-refractivity contribution is 0.582. The summed E-state index contributed by atoms with van der Waals surface area (Å²) in [7, 11) is 0. The Hall–Kier alpha value is -1.78. The quantitative estimate of drug-likeness (QED) is 0.699. The van der Waals surface area contributed by atoms with Crippen LogP contribution < -0.4 is 11.3 Å². The Morgan fingerprint density at radius 1 is 1.37 bits per heavy atom. The molecule has 2 rings (SSSR count). The molecule has 19 heavy (non-hydrogen) atoms. The van der Waals surface area contributed by atoms with Gasteiger partial charge >= 0.3 is 0 Å². The number of hydrogen-bond acceptors (Lipinski definition) is 3. The largest absolute Gasteiger partial charge is 0.369 e. The SMILES string of the molecule is CCCCCCC(C)c1c[nH]c2nc(N)[nH]c(=O)c12. The molecule has 104 valence electrons. The maximum atomic E-state index is 12.0. The average molecular weight is 262 g/mol. The monoisotopic (exact) mass is 262 g/mol. The van der Waals surface area contributed by atoms with Crippen molar-refractivity contribution < 1.29 is 0 Å². The summed E-state index contributed by atoms with van der Waals surface area (Å²) in [5, 5.41) is 0.650. The van der Waals surface area contributed by atoms with Crippen LogP contribution in [0.25, 0.3) is 11.0 Å². The van der Waals surface area contributed by atoms with Gasteiger partial charge in [0.2, 0.25) is 5.95 Å². The molecule has 0 aromatic carbocycles. The number of H-pyrrole nitrogens is 2. The number of hydrogen-bond donors (Lipinski definition) is 3. The van der Waals surface area contributed by atoms with Crippen molar-refractivity contribution in [3.63, 3.8) is 0 Å². The standard InChI is InChI=1S/C14H22N4O/c1-3-4-5-6-7-9(2)10-8-16-12-11(10)13(19)18-14(15)17-12/h8-9H,3-7H2,1-2H3,(H4,15,16,17,18,19). The van der Waals surface area contributed by atoms with Gasteiger partial charge in [-0.05, 0) is 17.9 Å². The van der Waals surface area contributed by atoms with Crippen molar-refractivity contribution in [3.8, 4) is 0 Å². The van der Waals surface area contributed by atoms with Crippen LogP contribution in [0.3, 0.4) is 0 Å². The van der Waals surface area contributed by atoms with Crippen LogP contribution in [-0.2, 0) is 0 Å². The summed E-state index contributed by atoms with van der Waals surface area (Å²) < 4.78 is 0. The van der Waals surface area contributed by atoms with Gasteiger partial charge in [0.15, 0.2) is 0 Å². The van der Waals surface area contributed by atoms with Crippen molar-refractivity contribution in [2.24, 2.45) is 0 Å². The van der Waals surface area contributed by atoms with E-state index in [9.17, 15) is 4.79 Å². The molecule has 0 amide bonds. The molecule has 4 N–H and O–H groups in total. The molecule has 0 aliphatic carbocycles. The first-order valence-corrected chi connectivity index (χ1v) is 7.00. The highest BCUT2D eigenvalue weighted by atomic mass is 16.1. The zero-order valence-corrected chi connectivity index (χ0v) is 11.6. The molecule has 1 atom stereocenters. The smallest absolute Gasteiger partial charge is 0.262 e. The van der Waals surface area contributed by atoms with Gasteiger partial charge in [0.05, 0.1) is 5.39 Å². The van der Waals surface area contributed by atoms with Gasteiger partial charge in [-0.15, -0.1) is 0 Å². The second-order valence-corrected chi connectivity index (χ2v) is 5.17. The van der Waals surface area contributed by atoms with E-state index in [-0.39, 0.29) is 11.5 Å². The summed E-state index contributed by atoms with van der Waals surface area (Å²) >= 11 is 0. The molecule has 2 heterocycles. The molecule has 0 bridgehead atoms. The van der Waals surface area contributed by atoms with E-state index in [1.807, 2.05) is 6.20 Å². The number of nitrogens with two attached hydrogens (primary N) is 1. The molecule has 0 aliphatic heterocycles. The molecule has 2 aromatic heterocycles. The highest BCUT2D eigenvalue weighted by Gasteiger charge is 2.15. The van der Waals surface area contributed by atoms with E-state index in [1.165, 1.54) is 25.7 Å². The molecule has 0 aliphatic rings. The lowest BCUT2D eigenvalue weighted by Gasteiger charge is -2.09. The average Bonchev–Trinajstić information content (AvgIpc) is 2.78. The van der Waals surface area contributed by atoms with E-state index in [2.05, 4.69) is 28.8 Å². The van der Waals surface area contributed by atoms with Crippen LogP contribution in [-0.4, -0.2) is 15.0 Å². The van der Waals surface area contributed by atoms with E-state index in [4.69, 9.17) is 5.73 Å². The van der Waals surface area contributed by atoms with Gasteiger partial charge < -0.3 is 10.7 Å². The lowest BCUT2D eigenvalue weighted by atomic mass is 9.95. The van der Waals surface area contributed by atoms with Crippen LogP contribution in [0.4, 0.5) is 5.95 Å². The van der Waals surface area contributed by atoms with E-state index in [0.29, 0.717) is 17.0 Å². The Morgan fingerprint density at radius 2 is 2.16 bits per heavy atom. The number of aromatic amines is 2. The molecule has 0 spiro atoms. The fourth-order valence-electron chi connectivity index (χ4n) is 2.50. The number of rotatable bonds is 6. The minimum atomic E-state index is -0.154. The second kappa shape index (κ2) is 5.91. The number of fused-ring (bicyclic) bond motifs is 1. The van der Waals surface area contributed by atoms with Gasteiger partial charge in [-0.25, -0.2) is 0 Å². The maximum Gasteiger partial charge on any atom is 0.262 e. The van der Waals surface area contributed by atoms with Crippen molar-refractivity contribution >= 4 is 17.0 Å². The number of unbranched alkanes of at least 4 members (excludes halogenated alkanes) is 3. The van der Waals surface area contributed by atoms with Crippen LogP contribution in [0.5, 0.6) is 0 Å². The van der Waals surface area contributed by atoms with Crippen LogP contribution in [0.15, 0.2) is 11.0 Å². The summed E-state index contributed by atoms with van der Waals surface area (Å²) in [4.78, 5) is 21.7. The Kier molecular flexibility index (Phi) is 4.24. The molecular weight excluding hydrogens is 240 g/mol. The molecular formula is C14H22N4O. The normalized spacial score (nSPS) is 12.9. The van der Waals surface area contributed by atoms with Crippen LogP contribution in [0.1, 0.15) is 57.4 Å². The minimum absolute atomic E-state index is 0.154. The van der Waals surface area contributed by atoms with Crippen molar-refractivity contribution in [1.82, 2.24) is 15.0 Å². The maximum absolute atomic E-state index is 12.0. The predicted octanol–water partition coefficient (Wildman–Crippen LogP) is 2.91. The first kappa shape index (κ1) is 13.6. The molecule has 0 saturated carbocycles. The van der Waals surface area contributed by atoms with E-state index in [0.717, 1.165) is 12.0 Å². The van der Waals surface area contributed by atoms with Crippen LogP contribution >= 0.6 is 0 Å². The fourth-order valence-corrected chi connectivity index (χ4v) is 2.50. The van der Waals surface area contributed by atoms with E-state index < -0.39 is 0 Å². The lowest BCUT2D eigenvalue weighted by Crippen LogP contribution is -2.12. The van der Waals surface area contributed by atoms with Crippen LogP contribution in [0, 0.1) is 0 Å². The Balaban J connectivity index is 2.18. The Bertz CT molecular complexity index is 599. The van der Waals surface area contributed by atoms with Crippen LogP contribution in [0.2, 0.25) is 0 Å². The van der Waals surface area contributed by atoms with Crippen molar-refractivity contribution in [2.45, 2.75) is 51.9 Å². The highest BCUT2D eigenvalue weighted by Crippen LogP contribution is 2.26. The second-order valence-electron chi connectivity index (χ2n) is 5.17. The zero-order chi connectivity index (χ0) is 13.8. The minimum Gasteiger partial charge on any atom is -0.369 e. The van der Waals surface area contributed by atoms with Gasteiger partial charge in [0.25, 0.3) is 5.56 Å². The Morgan fingerprint density at radius 3 is 2.89 bits per heavy atom. The molecule has 0 saturated heterocycles. The summed E-state index contributed by atoms with van der Waals surface area (Å²) in [5.74, 6) is 0.513. The summed E-state index contributed by atoms with van der Waals surface area (Å²) in [6, 6.07) is 0. The van der Waals surface area contributed by atoms with Gasteiger partial charge in [-0.3, -0.25) is 9.78 Å². The molecule has 5 nitrogen and oxygen atoms in total. The summed E-state index contributed by atoms with van der Waals surface area (Å²) in [6.07, 6.45) is 7.95. The molecule has 1 unspecified atom stereocenters. The summed E-state index contributed by atoms with van der Waals surface area (Å²) in [5.41, 5.74) is 7.01. The van der Waals surface area contributed by atoms with Gasteiger partial charge in [-0.1, -0.05) is 39.5 Å². The third-order valence-electron chi connectivity index (χ3n) is 3.61. The van der Waals surface area contributed by atoms with Gasteiger partial charge in [0.1, 0.15) is 5.65 Å². The molecule has 0 fully saturated rings. The third kappa shape index (κ3) is 2.97. The number of anilines is 1. The molecule has 2 aromatic rings. The number of nitrogens with zero attached hydrogens (tertiary/aromatic N) is 1. The van der Waals surface area contributed by atoms with Gasteiger partial charge in [0, 0.05) is 6.20 Å².